The van der Waals surface area contributed by atoms with Crippen LogP contribution in [0.1, 0.15) is 51.2 Å². The lowest BCUT2D eigenvalue weighted by atomic mass is 9.82. The van der Waals surface area contributed by atoms with Gasteiger partial charge in [-0.3, -0.25) is 14.8 Å². The summed E-state index contributed by atoms with van der Waals surface area (Å²) in [5.74, 6) is 0.348. The zero-order valence-electron chi connectivity index (χ0n) is 17.5. The molecule has 1 unspecified atom stereocenters. The normalized spacial score (nSPS) is 12.2. The fourth-order valence-electron chi connectivity index (χ4n) is 3.21. The molecule has 0 fully saturated rings. The standard InChI is InChI=1S/C23H30N2O4/c1-16(14-23(2,3)4)18-7-11-20(12-8-18)29-15-22(27)24-19-9-5-17(6-10-19)13-21(26)25-28/h5-12,16,28H,13-15H2,1-4H3,(H,24,27)(H,25,26). The third-order valence-electron chi connectivity index (χ3n) is 4.46. The number of carbonyl (C=O) groups excluding carboxylic acids is 2. The molecule has 0 heterocycles. The lowest BCUT2D eigenvalue weighted by Gasteiger charge is -2.23. The van der Waals surface area contributed by atoms with Gasteiger partial charge >= 0.3 is 0 Å². The number of anilines is 1. The van der Waals surface area contributed by atoms with Gasteiger partial charge in [0.25, 0.3) is 5.91 Å². The second kappa shape index (κ2) is 10.1. The van der Waals surface area contributed by atoms with Gasteiger partial charge in [0, 0.05) is 5.69 Å². The molecule has 6 nitrogen and oxygen atoms in total. The van der Waals surface area contributed by atoms with Crippen LogP contribution in [0, 0.1) is 5.41 Å². The number of nitrogens with one attached hydrogen (secondary N) is 2. The van der Waals surface area contributed by atoms with Gasteiger partial charge in [-0.1, -0.05) is 52.0 Å². The molecule has 156 valence electrons. The highest BCUT2D eigenvalue weighted by Crippen LogP contribution is 2.31. The number of hydrogen-bond acceptors (Lipinski definition) is 4. The smallest absolute Gasteiger partial charge is 0.262 e. The first-order chi connectivity index (χ1) is 13.7. The van der Waals surface area contributed by atoms with Crippen LogP contribution in [-0.2, 0) is 16.0 Å². The zero-order chi connectivity index (χ0) is 21.4. The maximum Gasteiger partial charge on any atom is 0.262 e. The monoisotopic (exact) mass is 398 g/mol. The van der Waals surface area contributed by atoms with E-state index in [0.29, 0.717) is 17.4 Å². The molecule has 0 aliphatic heterocycles. The van der Waals surface area contributed by atoms with E-state index in [1.54, 1.807) is 29.7 Å². The SMILES string of the molecule is CC(CC(C)(C)C)c1ccc(OCC(=O)Nc2ccc(CC(=O)NO)cc2)cc1. The van der Waals surface area contributed by atoms with Crippen LogP contribution < -0.4 is 15.5 Å². The minimum absolute atomic E-state index is 0.0677. The largest absolute Gasteiger partial charge is 0.484 e. The first-order valence-corrected chi connectivity index (χ1v) is 9.71. The third kappa shape index (κ3) is 7.95. The molecule has 2 amide bonds. The van der Waals surface area contributed by atoms with Crippen molar-refractivity contribution in [2.45, 2.75) is 46.5 Å². The van der Waals surface area contributed by atoms with E-state index in [4.69, 9.17) is 9.94 Å². The first-order valence-electron chi connectivity index (χ1n) is 9.71. The molecular formula is C23H30N2O4. The summed E-state index contributed by atoms with van der Waals surface area (Å²) in [6.07, 6.45) is 1.16. The maximum absolute atomic E-state index is 12.1. The summed E-state index contributed by atoms with van der Waals surface area (Å²) in [4.78, 5) is 23.2. The third-order valence-corrected chi connectivity index (χ3v) is 4.46. The molecule has 2 aromatic carbocycles. The molecule has 0 spiro atoms. The Morgan fingerprint density at radius 3 is 2.17 bits per heavy atom. The van der Waals surface area contributed by atoms with E-state index in [1.807, 2.05) is 24.3 Å². The average Bonchev–Trinajstić information content (AvgIpc) is 2.67. The fraction of sp³-hybridized carbons (Fsp3) is 0.391. The van der Waals surface area contributed by atoms with Gasteiger partial charge in [-0.25, -0.2) is 5.48 Å². The Hall–Kier alpha value is -2.86. The van der Waals surface area contributed by atoms with Crippen molar-refractivity contribution >= 4 is 17.5 Å². The van der Waals surface area contributed by atoms with Crippen LogP contribution in [0.5, 0.6) is 5.75 Å². The van der Waals surface area contributed by atoms with E-state index in [0.717, 1.165) is 12.0 Å². The van der Waals surface area contributed by atoms with Crippen molar-refractivity contribution in [3.05, 3.63) is 59.7 Å². The molecule has 3 N–H and O–H groups in total. The van der Waals surface area contributed by atoms with Crippen LogP contribution in [-0.4, -0.2) is 23.6 Å². The number of carbonyl (C=O) groups is 2. The minimum atomic E-state index is -0.492. The second-order valence-electron chi connectivity index (χ2n) is 8.48. The van der Waals surface area contributed by atoms with Crippen molar-refractivity contribution < 1.29 is 19.5 Å². The Morgan fingerprint density at radius 2 is 1.62 bits per heavy atom. The number of rotatable bonds is 8. The van der Waals surface area contributed by atoms with Crippen molar-refractivity contribution in [3.63, 3.8) is 0 Å². The lowest BCUT2D eigenvalue weighted by molar-refractivity contribution is -0.128. The van der Waals surface area contributed by atoms with E-state index in [2.05, 4.69) is 33.0 Å². The molecule has 0 saturated heterocycles. The Kier molecular flexibility index (Phi) is 7.79. The summed E-state index contributed by atoms with van der Waals surface area (Å²) in [5, 5.41) is 11.3. The van der Waals surface area contributed by atoms with Gasteiger partial charge in [-0.15, -0.1) is 0 Å². The average molecular weight is 399 g/mol. The lowest BCUT2D eigenvalue weighted by Crippen LogP contribution is -2.21. The van der Waals surface area contributed by atoms with Crippen molar-refractivity contribution in [1.29, 1.82) is 0 Å². The molecule has 6 heteroatoms. The van der Waals surface area contributed by atoms with Gasteiger partial charge in [-0.2, -0.15) is 0 Å². The predicted octanol–water partition coefficient (Wildman–Crippen LogP) is 4.29. The van der Waals surface area contributed by atoms with Gasteiger partial charge in [0.05, 0.1) is 6.42 Å². The Morgan fingerprint density at radius 1 is 1.00 bits per heavy atom. The minimum Gasteiger partial charge on any atom is -0.484 e. The Bertz CT molecular complexity index is 808. The molecule has 0 saturated carbocycles. The summed E-state index contributed by atoms with van der Waals surface area (Å²) in [5.41, 5.74) is 4.45. The van der Waals surface area contributed by atoms with Crippen LogP contribution in [0.25, 0.3) is 0 Å². The first kappa shape index (κ1) is 22.4. The number of amides is 2. The molecule has 0 bridgehead atoms. The molecule has 0 radical (unpaired) electrons. The Labute approximate surface area is 172 Å². The van der Waals surface area contributed by atoms with Gasteiger partial charge in [-0.05, 0) is 53.1 Å². The highest BCUT2D eigenvalue weighted by molar-refractivity contribution is 5.91. The highest BCUT2D eigenvalue weighted by atomic mass is 16.5. The van der Waals surface area contributed by atoms with Crippen LogP contribution in [0.4, 0.5) is 5.69 Å². The van der Waals surface area contributed by atoms with Gasteiger partial charge in [0.15, 0.2) is 6.61 Å². The van der Waals surface area contributed by atoms with Gasteiger partial charge in [0.2, 0.25) is 5.91 Å². The summed E-state index contributed by atoms with van der Waals surface area (Å²) >= 11 is 0. The van der Waals surface area contributed by atoms with Crippen molar-refractivity contribution in [3.8, 4) is 5.75 Å². The van der Waals surface area contributed by atoms with Crippen LogP contribution in [0.15, 0.2) is 48.5 Å². The van der Waals surface area contributed by atoms with Crippen molar-refractivity contribution in [1.82, 2.24) is 5.48 Å². The quantitative estimate of drug-likeness (QED) is 0.457. The van der Waals surface area contributed by atoms with E-state index in [-0.39, 0.29) is 24.3 Å². The van der Waals surface area contributed by atoms with Crippen LogP contribution in [0.3, 0.4) is 0 Å². The van der Waals surface area contributed by atoms with Gasteiger partial charge in [0.1, 0.15) is 5.75 Å². The molecule has 1 atom stereocenters. The predicted molar refractivity (Wildman–Crippen MR) is 113 cm³/mol. The van der Waals surface area contributed by atoms with E-state index >= 15 is 0 Å². The molecule has 2 rings (SSSR count). The van der Waals surface area contributed by atoms with Crippen molar-refractivity contribution in [2.24, 2.45) is 5.41 Å². The molecule has 2 aromatic rings. The zero-order valence-corrected chi connectivity index (χ0v) is 17.5. The number of hydroxylamine groups is 1. The topological polar surface area (TPSA) is 87.7 Å². The van der Waals surface area contributed by atoms with Gasteiger partial charge < -0.3 is 10.1 Å². The molecule has 0 aliphatic carbocycles. The van der Waals surface area contributed by atoms with E-state index in [1.165, 1.54) is 5.56 Å². The Balaban J connectivity index is 1.82. The van der Waals surface area contributed by atoms with E-state index in [9.17, 15) is 9.59 Å². The van der Waals surface area contributed by atoms with Crippen LogP contribution in [0.2, 0.25) is 0 Å². The molecular weight excluding hydrogens is 368 g/mol. The maximum atomic E-state index is 12.1. The molecule has 0 aromatic heterocycles. The summed E-state index contributed by atoms with van der Waals surface area (Å²) in [7, 11) is 0. The summed E-state index contributed by atoms with van der Waals surface area (Å²) < 4.78 is 5.57. The number of hydrogen-bond donors (Lipinski definition) is 3. The second-order valence-corrected chi connectivity index (χ2v) is 8.48. The number of benzene rings is 2. The molecule has 0 aliphatic rings. The van der Waals surface area contributed by atoms with Crippen LogP contribution >= 0.6 is 0 Å². The number of ether oxygens (including phenoxy) is 1. The van der Waals surface area contributed by atoms with E-state index < -0.39 is 5.91 Å². The highest BCUT2D eigenvalue weighted by Gasteiger charge is 2.16. The van der Waals surface area contributed by atoms with Crippen molar-refractivity contribution in [2.75, 3.05) is 11.9 Å². The fourth-order valence-corrected chi connectivity index (χ4v) is 3.21. The summed E-state index contributed by atoms with van der Waals surface area (Å²) in [6.45, 7) is 8.83. The summed E-state index contributed by atoms with van der Waals surface area (Å²) in [6, 6.07) is 14.7. The molecule has 29 heavy (non-hydrogen) atoms.